The zero-order chi connectivity index (χ0) is 14.0. The molecule has 0 aliphatic carbocycles. The first kappa shape index (κ1) is 14.4. The Bertz CT molecular complexity index is 477. The summed E-state index contributed by atoms with van der Waals surface area (Å²) in [5, 5.41) is 10.2. The van der Waals surface area contributed by atoms with E-state index in [1.54, 1.807) is 0 Å². The van der Waals surface area contributed by atoms with Crippen molar-refractivity contribution in [1.82, 2.24) is 4.90 Å². The van der Waals surface area contributed by atoms with Crippen LogP contribution in [0.25, 0.3) is 0 Å². The summed E-state index contributed by atoms with van der Waals surface area (Å²) in [4.78, 5) is 13.7. The second-order valence-corrected chi connectivity index (χ2v) is 5.90. The standard InChI is InChI=1S/C15H20ClNO2/c1-11(12-6-5-7-13(16)10-12)17-9-4-3-8-15(17,2)14(18)19/h5-7,10-11H,3-4,8-9H2,1-2H3,(H,18,19). The number of hydrogen-bond acceptors (Lipinski definition) is 2. The van der Waals surface area contributed by atoms with Crippen LogP contribution in [0, 0.1) is 0 Å². The van der Waals surface area contributed by atoms with E-state index in [4.69, 9.17) is 11.6 Å². The van der Waals surface area contributed by atoms with E-state index in [-0.39, 0.29) is 6.04 Å². The molecule has 0 amide bonds. The van der Waals surface area contributed by atoms with E-state index >= 15 is 0 Å². The van der Waals surface area contributed by atoms with Gasteiger partial charge in [-0.1, -0.05) is 23.7 Å². The lowest BCUT2D eigenvalue weighted by molar-refractivity contribution is -0.155. The van der Waals surface area contributed by atoms with Gasteiger partial charge < -0.3 is 5.11 Å². The normalized spacial score (nSPS) is 26.1. The molecular weight excluding hydrogens is 262 g/mol. The van der Waals surface area contributed by atoms with Gasteiger partial charge in [0.25, 0.3) is 0 Å². The number of piperidine rings is 1. The van der Waals surface area contributed by atoms with Crippen molar-refractivity contribution in [1.29, 1.82) is 0 Å². The summed E-state index contributed by atoms with van der Waals surface area (Å²) < 4.78 is 0. The third-order valence-electron chi connectivity index (χ3n) is 4.21. The molecule has 1 aliphatic heterocycles. The Labute approximate surface area is 119 Å². The first-order valence-corrected chi connectivity index (χ1v) is 7.08. The van der Waals surface area contributed by atoms with Crippen LogP contribution in [0.3, 0.4) is 0 Å². The van der Waals surface area contributed by atoms with E-state index in [0.717, 1.165) is 24.9 Å². The van der Waals surface area contributed by atoms with Crippen LogP contribution in [0.1, 0.15) is 44.7 Å². The van der Waals surface area contributed by atoms with Crippen LogP contribution in [-0.4, -0.2) is 28.1 Å². The van der Waals surface area contributed by atoms with Gasteiger partial charge in [0.2, 0.25) is 0 Å². The quantitative estimate of drug-likeness (QED) is 0.918. The van der Waals surface area contributed by atoms with Crippen LogP contribution >= 0.6 is 11.6 Å². The molecule has 19 heavy (non-hydrogen) atoms. The van der Waals surface area contributed by atoms with E-state index in [1.807, 2.05) is 31.2 Å². The largest absolute Gasteiger partial charge is 0.480 e. The minimum atomic E-state index is -0.778. The number of hydrogen-bond donors (Lipinski definition) is 1. The maximum Gasteiger partial charge on any atom is 0.323 e. The molecular formula is C15H20ClNO2. The topological polar surface area (TPSA) is 40.5 Å². The molecule has 1 aliphatic rings. The van der Waals surface area contributed by atoms with Gasteiger partial charge in [-0.2, -0.15) is 0 Å². The Balaban J connectivity index is 2.30. The number of carbonyl (C=O) groups is 1. The van der Waals surface area contributed by atoms with Gasteiger partial charge in [0, 0.05) is 11.1 Å². The fourth-order valence-electron chi connectivity index (χ4n) is 2.94. The van der Waals surface area contributed by atoms with Gasteiger partial charge in [0.15, 0.2) is 0 Å². The molecule has 1 aromatic rings. The molecule has 1 heterocycles. The number of rotatable bonds is 3. The summed E-state index contributed by atoms with van der Waals surface area (Å²) in [5.74, 6) is -0.735. The van der Waals surface area contributed by atoms with E-state index in [0.29, 0.717) is 11.4 Å². The van der Waals surface area contributed by atoms with Crippen molar-refractivity contribution in [2.24, 2.45) is 0 Å². The molecule has 4 heteroatoms. The Morgan fingerprint density at radius 1 is 1.47 bits per heavy atom. The minimum Gasteiger partial charge on any atom is -0.480 e. The second-order valence-electron chi connectivity index (χ2n) is 5.46. The molecule has 2 unspecified atom stereocenters. The Morgan fingerprint density at radius 2 is 2.21 bits per heavy atom. The maximum absolute atomic E-state index is 11.6. The summed E-state index contributed by atoms with van der Waals surface area (Å²) in [6, 6.07) is 7.73. The monoisotopic (exact) mass is 281 g/mol. The lowest BCUT2D eigenvalue weighted by Gasteiger charge is -2.45. The predicted molar refractivity (Wildman–Crippen MR) is 76.5 cm³/mol. The number of carboxylic acids is 1. The molecule has 1 fully saturated rings. The zero-order valence-corrected chi connectivity index (χ0v) is 12.2. The highest BCUT2D eigenvalue weighted by Crippen LogP contribution is 2.36. The molecule has 3 nitrogen and oxygen atoms in total. The third kappa shape index (κ3) is 2.77. The van der Waals surface area contributed by atoms with Crippen molar-refractivity contribution < 1.29 is 9.90 Å². The number of benzene rings is 1. The maximum atomic E-state index is 11.6. The van der Waals surface area contributed by atoms with Gasteiger partial charge in [-0.3, -0.25) is 9.69 Å². The number of nitrogens with zero attached hydrogens (tertiary/aromatic N) is 1. The van der Waals surface area contributed by atoms with Crippen molar-refractivity contribution in [3.8, 4) is 0 Å². The average Bonchev–Trinajstić information content (AvgIpc) is 2.38. The lowest BCUT2D eigenvalue weighted by Crippen LogP contribution is -2.55. The SMILES string of the molecule is CC(c1cccc(Cl)c1)N1CCCCC1(C)C(=O)O. The van der Waals surface area contributed by atoms with Crippen molar-refractivity contribution in [3.05, 3.63) is 34.9 Å². The average molecular weight is 282 g/mol. The van der Waals surface area contributed by atoms with Crippen molar-refractivity contribution in [2.75, 3.05) is 6.54 Å². The highest BCUT2D eigenvalue weighted by Gasteiger charge is 2.43. The van der Waals surface area contributed by atoms with Gasteiger partial charge in [0.05, 0.1) is 0 Å². The van der Waals surface area contributed by atoms with E-state index in [2.05, 4.69) is 11.8 Å². The smallest absolute Gasteiger partial charge is 0.323 e. The summed E-state index contributed by atoms with van der Waals surface area (Å²) in [5.41, 5.74) is 0.293. The number of carboxylic acid groups (broad SMARTS) is 1. The molecule has 0 bridgehead atoms. The van der Waals surface area contributed by atoms with Gasteiger partial charge in [-0.15, -0.1) is 0 Å². The molecule has 0 spiro atoms. The summed E-state index contributed by atoms with van der Waals surface area (Å²) >= 11 is 6.03. The Hall–Kier alpha value is -1.06. The summed E-state index contributed by atoms with van der Waals surface area (Å²) in [7, 11) is 0. The van der Waals surface area contributed by atoms with Crippen molar-refractivity contribution in [3.63, 3.8) is 0 Å². The molecule has 0 saturated carbocycles. The molecule has 104 valence electrons. The predicted octanol–water partition coefficient (Wildman–Crippen LogP) is 3.73. The van der Waals surface area contributed by atoms with Crippen LogP contribution in [0.15, 0.2) is 24.3 Å². The fourth-order valence-corrected chi connectivity index (χ4v) is 3.14. The Morgan fingerprint density at radius 3 is 2.84 bits per heavy atom. The molecule has 1 N–H and O–H groups in total. The second kappa shape index (κ2) is 5.51. The molecule has 1 saturated heterocycles. The molecule has 0 radical (unpaired) electrons. The van der Waals surface area contributed by atoms with Gasteiger partial charge in [0.1, 0.15) is 5.54 Å². The summed E-state index contributed by atoms with van der Waals surface area (Å²) in [6.45, 7) is 4.70. The Kier molecular flexibility index (Phi) is 4.16. The van der Waals surface area contributed by atoms with Gasteiger partial charge >= 0.3 is 5.97 Å². The van der Waals surface area contributed by atoms with Crippen molar-refractivity contribution >= 4 is 17.6 Å². The molecule has 2 atom stereocenters. The lowest BCUT2D eigenvalue weighted by atomic mass is 9.86. The van der Waals surface area contributed by atoms with Gasteiger partial charge in [-0.05, 0) is 57.4 Å². The van der Waals surface area contributed by atoms with Gasteiger partial charge in [-0.25, -0.2) is 0 Å². The molecule has 1 aromatic carbocycles. The van der Waals surface area contributed by atoms with Crippen LogP contribution < -0.4 is 0 Å². The summed E-state index contributed by atoms with van der Waals surface area (Å²) in [6.07, 6.45) is 2.72. The minimum absolute atomic E-state index is 0.0556. The number of halogens is 1. The van der Waals surface area contributed by atoms with Crippen LogP contribution in [-0.2, 0) is 4.79 Å². The third-order valence-corrected chi connectivity index (χ3v) is 4.44. The first-order chi connectivity index (χ1) is 8.95. The van der Waals surface area contributed by atoms with E-state index in [9.17, 15) is 9.90 Å². The molecule has 0 aromatic heterocycles. The number of aliphatic carboxylic acids is 1. The van der Waals surface area contributed by atoms with Crippen molar-refractivity contribution in [2.45, 2.75) is 44.7 Å². The van der Waals surface area contributed by atoms with Crippen LogP contribution in [0.5, 0.6) is 0 Å². The van der Waals surface area contributed by atoms with Crippen LogP contribution in [0.2, 0.25) is 5.02 Å². The highest BCUT2D eigenvalue weighted by molar-refractivity contribution is 6.30. The fraction of sp³-hybridized carbons (Fsp3) is 0.533. The highest BCUT2D eigenvalue weighted by atomic mass is 35.5. The van der Waals surface area contributed by atoms with Crippen LogP contribution in [0.4, 0.5) is 0 Å². The first-order valence-electron chi connectivity index (χ1n) is 6.71. The van der Waals surface area contributed by atoms with E-state index in [1.165, 1.54) is 0 Å². The number of likely N-dealkylation sites (tertiary alicyclic amines) is 1. The zero-order valence-electron chi connectivity index (χ0n) is 11.4. The molecule has 2 rings (SSSR count). The van der Waals surface area contributed by atoms with E-state index < -0.39 is 11.5 Å².